The zero-order valence-corrected chi connectivity index (χ0v) is 8.24. The average molecular weight is 278 g/mol. The van der Waals surface area contributed by atoms with Crippen LogP contribution in [-0.2, 0) is 12.4 Å². The molecule has 0 fully saturated rings. The summed E-state index contributed by atoms with van der Waals surface area (Å²) in [5.74, 6) is -1.20. The van der Waals surface area contributed by atoms with Crippen molar-refractivity contribution in [3.63, 3.8) is 0 Å². The molecule has 0 amide bonds. The van der Waals surface area contributed by atoms with Gasteiger partial charge in [-0.25, -0.2) is 8.63 Å². The second kappa shape index (κ2) is 4.66. The average Bonchev–Trinajstić information content (AvgIpc) is 2.13. The maximum Gasteiger partial charge on any atom is 0.796 e. The van der Waals surface area contributed by atoms with Gasteiger partial charge in [0, 0.05) is 0 Å². The zero-order valence-electron chi connectivity index (χ0n) is 8.24. The highest BCUT2D eigenvalue weighted by atomic mass is 19.4. The van der Waals surface area contributed by atoms with Crippen LogP contribution in [0.1, 0.15) is 11.1 Å². The third-order valence-corrected chi connectivity index (χ3v) is 1.79. The number of halogens is 8. The standard InChI is InChI=1S/C8H3BF8O/c10-7(11,12)4-1-5(8(13,14)15)3-6(2-4)18-9(16)17/h1-3H. The maximum absolute atomic E-state index is 12.3. The van der Waals surface area contributed by atoms with Gasteiger partial charge in [-0.05, 0) is 18.2 Å². The van der Waals surface area contributed by atoms with Crippen molar-refractivity contribution < 1.29 is 39.6 Å². The highest BCUT2D eigenvalue weighted by molar-refractivity contribution is 6.35. The van der Waals surface area contributed by atoms with Gasteiger partial charge in [-0.15, -0.1) is 0 Å². The third kappa shape index (κ3) is 3.78. The quantitative estimate of drug-likeness (QED) is 0.586. The van der Waals surface area contributed by atoms with Crippen molar-refractivity contribution in [2.45, 2.75) is 12.4 Å². The summed E-state index contributed by atoms with van der Waals surface area (Å²) in [5.41, 5.74) is -3.43. The first-order valence-corrected chi connectivity index (χ1v) is 4.24. The van der Waals surface area contributed by atoms with Crippen molar-refractivity contribution in [2.24, 2.45) is 0 Å². The zero-order chi connectivity index (χ0) is 14.1. The molecule has 1 aromatic rings. The van der Waals surface area contributed by atoms with Crippen LogP contribution in [0.3, 0.4) is 0 Å². The fourth-order valence-corrected chi connectivity index (χ4v) is 1.10. The van der Waals surface area contributed by atoms with Crippen LogP contribution in [0.5, 0.6) is 5.75 Å². The molecule has 1 nitrogen and oxygen atoms in total. The lowest BCUT2D eigenvalue weighted by Crippen LogP contribution is -2.14. The minimum absolute atomic E-state index is 0.0708. The van der Waals surface area contributed by atoms with E-state index in [1.807, 2.05) is 0 Å². The Labute approximate surface area is 95.6 Å². The molecule has 0 saturated heterocycles. The van der Waals surface area contributed by atoms with E-state index in [9.17, 15) is 35.0 Å². The lowest BCUT2D eigenvalue weighted by Gasteiger charge is -2.14. The molecule has 0 saturated carbocycles. The van der Waals surface area contributed by atoms with E-state index in [0.717, 1.165) is 0 Å². The smallest absolute Gasteiger partial charge is 0.505 e. The monoisotopic (exact) mass is 278 g/mol. The summed E-state index contributed by atoms with van der Waals surface area (Å²) in [4.78, 5) is 0. The van der Waals surface area contributed by atoms with Crippen LogP contribution in [0, 0.1) is 0 Å². The Kier molecular flexibility index (Phi) is 3.77. The van der Waals surface area contributed by atoms with Crippen molar-refractivity contribution in [3.8, 4) is 5.75 Å². The Morgan fingerprint density at radius 2 is 1.17 bits per heavy atom. The molecule has 18 heavy (non-hydrogen) atoms. The lowest BCUT2D eigenvalue weighted by molar-refractivity contribution is -0.143. The number of hydrogen-bond donors (Lipinski definition) is 0. The molecule has 0 bridgehead atoms. The van der Waals surface area contributed by atoms with Crippen LogP contribution >= 0.6 is 0 Å². The Morgan fingerprint density at radius 1 is 0.778 bits per heavy atom. The van der Waals surface area contributed by atoms with E-state index in [4.69, 9.17) is 0 Å². The molecule has 0 aliphatic carbocycles. The van der Waals surface area contributed by atoms with Gasteiger partial charge in [0.2, 0.25) is 0 Å². The molecule has 0 spiro atoms. The number of hydrogen-bond acceptors (Lipinski definition) is 1. The van der Waals surface area contributed by atoms with Gasteiger partial charge >= 0.3 is 19.8 Å². The van der Waals surface area contributed by atoms with Crippen molar-refractivity contribution in [2.75, 3.05) is 0 Å². The van der Waals surface area contributed by atoms with Crippen molar-refractivity contribution in [3.05, 3.63) is 29.3 Å². The molecule has 0 radical (unpaired) electrons. The number of rotatable bonds is 2. The number of alkyl halides is 6. The fraction of sp³-hybridized carbons (Fsp3) is 0.250. The van der Waals surface area contributed by atoms with Gasteiger partial charge in [0.05, 0.1) is 11.1 Å². The molecule has 1 rings (SSSR count). The van der Waals surface area contributed by atoms with Gasteiger partial charge in [0.1, 0.15) is 5.75 Å². The van der Waals surface area contributed by atoms with E-state index in [1.54, 1.807) is 0 Å². The summed E-state index contributed by atoms with van der Waals surface area (Å²) in [6.45, 7) is 0. The minimum atomic E-state index is -5.10. The molecule has 0 unspecified atom stereocenters. The van der Waals surface area contributed by atoms with Crippen LogP contribution in [0.15, 0.2) is 18.2 Å². The van der Waals surface area contributed by atoms with Crippen LogP contribution in [-0.4, -0.2) is 7.47 Å². The Morgan fingerprint density at radius 3 is 1.44 bits per heavy atom. The van der Waals surface area contributed by atoms with Gasteiger partial charge in [-0.1, -0.05) is 0 Å². The first kappa shape index (κ1) is 14.6. The molecular weight excluding hydrogens is 275 g/mol. The van der Waals surface area contributed by atoms with E-state index < -0.39 is 36.7 Å². The summed E-state index contributed by atoms with van der Waals surface area (Å²) in [7, 11) is -3.52. The largest absolute Gasteiger partial charge is 0.796 e. The van der Waals surface area contributed by atoms with Crippen molar-refractivity contribution in [1.82, 2.24) is 0 Å². The Hall–Kier alpha value is -1.48. The topological polar surface area (TPSA) is 9.23 Å². The lowest BCUT2D eigenvalue weighted by atomic mass is 10.1. The van der Waals surface area contributed by atoms with Crippen LogP contribution < -0.4 is 4.65 Å². The molecule has 0 heterocycles. The summed E-state index contributed by atoms with van der Waals surface area (Å²) < 4.78 is 101. The van der Waals surface area contributed by atoms with Crippen LogP contribution in [0.2, 0.25) is 0 Å². The first-order chi connectivity index (χ1) is 8.00. The molecule has 10 heteroatoms. The summed E-state index contributed by atoms with van der Waals surface area (Å²) in [6, 6.07) is -0.0405. The van der Waals surface area contributed by atoms with E-state index in [2.05, 4.69) is 4.65 Å². The van der Waals surface area contributed by atoms with Gasteiger partial charge in [-0.3, -0.25) is 0 Å². The second-order valence-electron chi connectivity index (χ2n) is 3.12. The van der Waals surface area contributed by atoms with E-state index in [1.165, 1.54) is 0 Å². The summed E-state index contributed by atoms with van der Waals surface area (Å²) in [5, 5.41) is 0. The molecule has 0 aliphatic rings. The molecule has 100 valence electrons. The number of benzene rings is 1. The molecule has 0 N–H and O–H groups in total. The van der Waals surface area contributed by atoms with Gasteiger partial charge in [-0.2, -0.15) is 26.3 Å². The van der Waals surface area contributed by atoms with Crippen molar-refractivity contribution >= 4 is 7.47 Å². The van der Waals surface area contributed by atoms with E-state index >= 15 is 0 Å². The predicted molar refractivity (Wildman–Crippen MR) is 45.0 cm³/mol. The van der Waals surface area contributed by atoms with E-state index in [-0.39, 0.29) is 18.2 Å². The Balaban J connectivity index is 3.29. The minimum Gasteiger partial charge on any atom is -0.505 e. The third-order valence-electron chi connectivity index (χ3n) is 1.79. The normalized spacial score (nSPS) is 12.4. The van der Waals surface area contributed by atoms with Gasteiger partial charge in [0.25, 0.3) is 0 Å². The predicted octanol–water partition coefficient (Wildman–Crippen LogP) is 4.03. The molecule has 0 atom stereocenters. The van der Waals surface area contributed by atoms with Crippen LogP contribution in [0.4, 0.5) is 35.0 Å². The maximum atomic E-state index is 12.3. The van der Waals surface area contributed by atoms with Gasteiger partial charge in [0.15, 0.2) is 0 Å². The fourth-order valence-electron chi connectivity index (χ4n) is 1.10. The van der Waals surface area contributed by atoms with Gasteiger partial charge < -0.3 is 4.65 Å². The Bertz CT molecular complexity index is 392. The van der Waals surface area contributed by atoms with Crippen LogP contribution in [0.25, 0.3) is 0 Å². The molecule has 0 aliphatic heterocycles. The molecule has 0 aromatic heterocycles. The van der Waals surface area contributed by atoms with E-state index in [0.29, 0.717) is 0 Å². The highest BCUT2D eigenvalue weighted by Crippen LogP contribution is 2.38. The molecule has 1 aromatic carbocycles. The SMILES string of the molecule is FB(F)Oc1cc(C(F)(F)F)cc(C(F)(F)F)c1. The summed E-state index contributed by atoms with van der Waals surface area (Å²) >= 11 is 0. The van der Waals surface area contributed by atoms with Crippen molar-refractivity contribution in [1.29, 1.82) is 0 Å². The molecular formula is C8H3BF8O. The second-order valence-corrected chi connectivity index (χ2v) is 3.12. The first-order valence-electron chi connectivity index (χ1n) is 4.24. The highest BCUT2D eigenvalue weighted by Gasteiger charge is 2.37. The summed E-state index contributed by atoms with van der Waals surface area (Å²) in [6.07, 6.45) is -10.2.